The Labute approximate surface area is 309 Å². The monoisotopic (exact) mass is 753 g/mol. The largest absolute Gasteiger partial charge is 0.414 e. The van der Waals surface area contributed by atoms with Crippen molar-refractivity contribution < 1.29 is 22.8 Å². The van der Waals surface area contributed by atoms with Crippen LogP contribution in [0.4, 0.5) is 5.82 Å². The van der Waals surface area contributed by atoms with Gasteiger partial charge >= 0.3 is 0 Å². The van der Waals surface area contributed by atoms with Crippen molar-refractivity contribution >= 4 is 59.9 Å². The summed E-state index contributed by atoms with van der Waals surface area (Å²) in [6, 6.07) is 7.49. The summed E-state index contributed by atoms with van der Waals surface area (Å²) in [6.07, 6.45) is 3.38. The molecule has 1 aliphatic heterocycles. The highest BCUT2D eigenvalue weighted by Gasteiger charge is 2.55. The van der Waals surface area contributed by atoms with Gasteiger partial charge in [0.1, 0.15) is 30.5 Å². The number of nitrogens with two attached hydrogens (primary N) is 1. The number of Topliss-reactive ketones (excluding diaryl/α,β-unsaturated/α-hetero) is 1. The molecule has 282 valence electrons. The Morgan fingerprint density at radius 2 is 1.35 bits per heavy atom. The molecule has 0 saturated carbocycles. The number of carbonyl (C=O) groups is 1. The van der Waals surface area contributed by atoms with Gasteiger partial charge in [0.15, 0.2) is 53.9 Å². The maximum absolute atomic E-state index is 11.9. The highest BCUT2D eigenvalue weighted by Crippen LogP contribution is 2.47. The van der Waals surface area contributed by atoms with Gasteiger partial charge in [0.2, 0.25) is 0 Å². The van der Waals surface area contributed by atoms with Crippen LogP contribution in [-0.2, 0) is 18.0 Å². The zero-order valence-corrected chi connectivity index (χ0v) is 37.0. The predicted molar refractivity (Wildman–Crippen MR) is 216 cm³/mol. The number of hydrogen-bond acceptors (Lipinski definition) is 9. The summed E-state index contributed by atoms with van der Waals surface area (Å²) in [6.45, 7) is 35.8. The van der Waals surface area contributed by atoms with E-state index < -0.39 is 49.5 Å². The van der Waals surface area contributed by atoms with E-state index in [-0.39, 0.29) is 26.7 Å². The number of ether oxygens (including phenoxy) is 1. The zero-order valence-electron chi connectivity index (χ0n) is 34.0. The van der Waals surface area contributed by atoms with Crippen molar-refractivity contribution in [1.29, 1.82) is 0 Å². The lowest BCUT2D eigenvalue weighted by Crippen LogP contribution is -2.54. The highest BCUT2D eigenvalue weighted by atomic mass is 28.4. The van der Waals surface area contributed by atoms with Gasteiger partial charge in [-0.3, -0.25) is 9.36 Å². The van der Waals surface area contributed by atoms with Crippen LogP contribution < -0.4 is 5.73 Å². The molecule has 0 aliphatic carbocycles. The standard InChI is InChI=1S/C38H63N5O5Si3/c1-25(44)27-20-17-26(18-21-27)19-22-29-42-30-33(39)40-24-41-34(30)43(29)35-32(48-51(15,16)38(8,9)10)31(47-50(13,14)37(5,6)7)28(46-35)23-45-49(11,12)36(2,3)4/h17-22,24,28,31-32,35H,23H2,1-16H3,(H2,39,40,41)/b22-19+/t28-,31-,32-,35-/m1/s1. The maximum Gasteiger partial charge on any atom is 0.192 e. The van der Waals surface area contributed by atoms with Crippen molar-refractivity contribution in [2.75, 3.05) is 12.3 Å². The van der Waals surface area contributed by atoms with E-state index in [2.05, 4.69) is 107 Å². The molecule has 51 heavy (non-hydrogen) atoms. The molecule has 0 amide bonds. The average Bonchev–Trinajstić information content (AvgIpc) is 3.51. The molecule has 1 aromatic carbocycles. The molecule has 4 atom stereocenters. The minimum atomic E-state index is -2.40. The van der Waals surface area contributed by atoms with Crippen LogP contribution in [0, 0.1) is 0 Å². The van der Waals surface area contributed by atoms with Crippen molar-refractivity contribution in [3.8, 4) is 0 Å². The molecule has 1 fully saturated rings. The molecule has 2 aromatic heterocycles. The number of fused-ring (bicyclic) bond motifs is 1. The van der Waals surface area contributed by atoms with Gasteiger partial charge in [0, 0.05) is 5.56 Å². The Kier molecular flexibility index (Phi) is 11.6. The molecule has 0 unspecified atom stereocenters. The van der Waals surface area contributed by atoms with E-state index in [1.54, 1.807) is 6.92 Å². The average molecular weight is 754 g/mol. The summed E-state index contributed by atoms with van der Waals surface area (Å²) in [7, 11) is -6.90. The van der Waals surface area contributed by atoms with Gasteiger partial charge in [0.05, 0.1) is 6.61 Å². The molecule has 10 nitrogen and oxygen atoms in total. The molecule has 0 radical (unpaired) electrons. The second-order valence-corrected chi connectivity index (χ2v) is 32.9. The van der Waals surface area contributed by atoms with Gasteiger partial charge in [0.25, 0.3) is 0 Å². The minimum Gasteiger partial charge on any atom is -0.414 e. The molecular formula is C38H63N5O5Si3. The first-order chi connectivity index (χ1) is 23.2. The van der Waals surface area contributed by atoms with E-state index in [0.717, 1.165) is 5.56 Å². The quantitative estimate of drug-likeness (QED) is 0.151. The summed E-state index contributed by atoms with van der Waals surface area (Å²) in [5, 5.41) is -0.104. The van der Waals surface area contributed by atoms with Crippen molar-refractivity contribution in [3.63, 3.8) is 0 Å². The number of ketones is 1. The van der Waals surface area contributed by atoms with Crippen LogP contribution in [0.2, 0.25) is 54.4 Å². The van der Waals surface area contributed by atoms with E-state index in [0.29, 0.717) is 29.2 Å². The van der Waals surface area contributed by atoms with Gasteiger partial charge < -0.3 is 23.7 Å². The van der Waals surface area contributed by atoms with Gasteiger partial charge in [-0.1, -0.05) is 92.7 Å². The SMILES string of the molecule is CC(=O)c1ccc(/C=C/c2nc3c(N)ncnc3n2[C@@H]2O[C@H](CO[Si](C)(C)C(C)(C)C)[C@@H](O[Si](C)(C)C(C)(C)C)[C@H]2O[Si](C)(C)C(C)(C)C)cc1. The van der Waals surface area contributed by atoms with E-state index in [1.165, 1.54) is 6.33 Å². The number of carbonyl (C=O) groups excluding carboxylic acids is 1. The Balaban J connectivity index is 1.93. The first-order valence-corrected chi connectivity index (χ1v) is 26.8. The summed E-state index contributed by atoms with van der Waals surface area (Å²) in [5.74, 6) is 0.902. The van der Waals surface area contributed by atoms with Gasteiger partial charge in [-0.2, -0.15) is 0 Å². The number of nitrogen functional groups attached to an aromatic ring is 1. The molecule has 4 rings (SSSR count). The fourth-order valence-corrected chi connectivity index (χ4v) is 8.79. The van der Waals surface area contributed by atoms with Gasteiger partial charge in [-0.05, 0) is 73.0 Å². The second kappa shape index (κ2) is 14.4. The minimum absolute atomic E-state index is 0.0212. The third kappa shape index (κ3) is 8.82. The fraction of sp³-hybridized carbons (Fsp3) is 0.632. The smallest absolute Gasteiger partial charge is 0.192 e. The van der Waals surface area contributed by atoms with Crippen molar-refractivity contribution in [3.05, 3.63) is 47.5 Å². The number of rotatable bonds is 11. The Morgan fingerprint density at radius 1 is 0.824 bits per heavy atom. The Bertz CT molecular complexity index is 1730. The van der Waals surface area contributed by atoms with E-state index >= 15 is 0 Å². The molecule has 3 aromatic rings. The number of imidazole rings is 1. The van der Waals surface area contributed by atoms with Crippen molar-refractivity contribution in [2.45, 2.75) is 148 Å². The van der Waals surface area contributed by atoms with Crippen molar-refractivity contribution in [1.82, 2.24) is 19.5 Å². The highest BCUT2D eigenvalue weighted by molar-refractivity contribution is 6.75. The molecule has 13 heteroatoms. The van der Waals surface area contributed by atoms with Crippen LogP contribution in [0.5, 0.6) is 0 Å². The van der Waals surface area contributed by atoms with Gasteiger partial charge in [-0.25, -0.2) is 15.0 Å². The number of benzene rings is 1. The normalized spacial score (nSPS) is 21.3. The number of aromatic nitrogens is 4. The van der Waals surface area contributed by atoms with Gasteiger partial charge in [-0.15, -0.1) is 0 Å². The fourth-order valence-electron chi connectivity index (χ4n) is 5.17. The van der Waals surface area contributed by atoms with Crippen LogP contribution in [-0.4, -0.2) is 75.2 Å². The Hall–Kier alpha value is -2.53. The maximum atomic E-state index is 11.9. The number of nitrogens with zero attached hydrogens (tertiary/aromatic N) is 4. The number of hydrogen-bond donors (Lipinski definition) is 1. The topological polar surface area (TPSA) is 124 Å². The summed E-state index contributed by atoms with van der Waals surface area (Å²) in [5.41, 5.74) is 9.04. The lowest BCUT2D eigenvalue weighted by atomic mass is 10.1. The van der Waals surface area contributed by atoms with Crippen LogP contribution in [0.3, 0.4) is 0 Å². The summed E-state index contributed by atoms with van der Waals surface area (Å²) < 4.78 is 30.9. The van der Waals surface area contributed by atoms with Crippen molar-refractivity contribution in [2.24, 2.45) is 0 Å². The molecule has 1 aliphatic rings. The molecule has 1 saturated heterocycles. The van der Waals surface area contributed by atoms with E-state index in [1.807, 2.05) is 41.0 Å². The van der Waals surface area contributed by atoms with Crippen LogP contribution in [0.15, 0.2) is 30.6 Å². The van der Waals surface area contributed by atoms with E-state index in [4.69, 9.17) is 33.7 Å². The molecule has 3 heterocycles. The lowest BCUT2D eigenvalue weighted by Gasteiger charge is -2.44. The summed E-state index contributed by atoms with van der Waals surface area (Å²) >= 11 is 0. The third-order valence-corrected chi connectivity index (χ3v) is 25.2. The Morgan fingerprint density at radius 3 is 1.86 bits per heavy atom. The number of anilines is 1. The predicted octanol–water partition coefficient (Wildman–Crippen LogP) is 9.48. The zero-order chi connectivity index (χ0) is 38.5. The first-order valence-electron chi connectivity index (χ1n) is 18.1. The molecule has 0 bridgehead atoms. The first kappa shape index (κ1) is 41.2. The van der Waals surface area contributed by atoms with Crippen LogP contribution >= 0.6 is 0 Å². The third-order valence-electron chi connectivity index (χ3n) is 11.7. The molecular weight excluding hydrogens is 691 g/mol. The second-order valence-electron chi connectivity index (χ2n) is 18.6. The van der Waals surface area contributed by atoms with E-state index in [9.17, 15) is 4.79 Å². The van der Waals surface area contributed by atoms with Crippen LogP contribution in [0.25, 0.3) is 23.3 Å². The molecule has 0 spiro atoms. The van der Waals surface area contributed by atoms with Crippen LogP contribution in [0.1, 0.15) is 97.2 Å². The lowest BCUT2D eigenvalue weighted by molar-refractivity contribution is -0.0473. The summed E-state index contributed by atoms with van der Waals surface area (Å²) in [4.78, 5) is 25.8. The molecule has 2 N–H and O–H groups in total.